The zero-order valence-corrected chi connectivity index (χ0v) is 14.9. The summed E-state index contributed by atoms with van der Waals surface area (Å²) in [4.78, 5) is 0.121. The van der Waals surface area contributed by atoms with E-state index in [9.17, 15) is 16.8 Å². The maximum atomic E-state index is 12.2. The first kappa shape index (κ1) is 18.3. The first-order chi connectivity index (χ1) is 10.7. The summed E-state index contributed by atoms with van der Waals surface area (Å²) in [7, 11) is -7.22. The Labute approximate surface area is 138 Å². The van der Waals surface area contributed by atoms with Crippen LogP contribution in [0.1, 0.15) is 26.7 Å². The third-order valence-corrected chi connectivity index (χ3v) is 6.45. The minimum Gasteiger partial charge on any atom is -0.313 e. The molecule has 0 amide bonds. The number of hydrogen-bond donors (Lipinski definition) is 3. The van der Waals surface area contributed by atoms with E-state index in [0.29, 0.717) is 0 Å². The van der Waals surface area contributed by atoms with Gasteiger partial charge >= 0.3 is 0 Å². The molecule has 0 unspecified atom stereocenters. The van der Waals surface area contributed by atoms with Gasteiger partial charge in [0, 0.05) is 18.6 Å². The van der Waals surface area contributed by atoms with Gasteiger partial charge in [0.1, 0.15) is 0 Å². The highest BCUT2D eigenvalue weighted by molar-refractivity contribution is 7.90. The topological polar surface area (TPSA) is 104 Å². The maximum Gasteiger partial charge on any atom is 0.240 e. The number of likely N-dealkylation sites (N-methyl/N-ethyl adjacent to an activating group) is 1. The molecule has 1 aromatic rings. The lowest BCUT2D eigenvalue weighted by molar-refractivity contribution is 0.536. The monoisotopic (exact) mass is 361 g/mol. The van der Waals surface area contributed by atoms with Crippen molar-refractivity contribution in [2.45, 2.75) is 48.6 Å². The molecule has 1 aliphatic carbocycles. The van der Waals surface area contributed by atoms with Gasteiger partial charge in [-0.2, -0.15) is 0 Å². The molecule has 0 saturated heterocycles. The smallest absolute Gasteiger partial charge is 0.240 e. The molecule has 1 saturated carbocycles. The standard InChI is InChI=1S/C14H23N3O4S2/c1-3-15-11(2)10-16-22(18,19)13-6-8-14(9-7-13)23(20,21)17-12-4-5-12/h6-9,11-12,15-17H,3-5,10H2,1-2H3/t11-/m1/s1. The highest BCUT2D eigenvalue weighted by Crippen LogP contribution is 2.22. The van der Waals surface area contributed by atoms with E-state index < -0.39 is 20.0 Å². The highest BCUT2D eigenvalue weighted by Gasteiger charge is 2.28. The minimum absolute atomic E-state index is 0.0113. The SMILES string of the molecule is CCN[C@H](C)CNS(=O)(=O)c1ccc(S(=O)(=O)NC2CC2)cc1. The molecule has 3 N–H and O–H groups in total. The van der Waals surface area contributed by atoms with Gasteiger partial charge in [-0.3, -0.25) is 0 Å². The molecule has 2 rings (SSSR count). The molecule has 1 aromatic carbocycles. The molecule has 23 heavy (non-hydrogen) atoms. The van der Waals surface area contributed by atoms with Crippen molar-refractivity contribution < 1.29 is 16.8 Å². The Balaban J connectivity index is 2.05. The average Bonchev–Trinajstić information content (AvgIpc) is 3.29. The second-order valence-electron chi connectivity index (χ2n) is 5.68. The van der Waals surface area contributed by atoms with Gasteiger partial charge in [-0.1, -0.05) is 6.92 Å². The average molecular weight is 361 g/mol. The van der Waals surface area contributed by atoms with Crippen molar-refractivity contribution in [3.05, 3.63) is 24.3 Å². The van der Waals surface area contributed by atoms with Gasteiger partial charge in [-0.05, 0) is 50.6 Å². The van der Waals surface area contributed by atoms with E-state index in [1.807, 2.05) is 13.8 Å². The molecule has 1 fully saturated rings. The Morgan fingerprint density at radius 1 is 1.04 bits per heavy atom. The Bertz CT molecular complexity index is 726. The number of hydrogen-bond acceptors (Lipinski definition) is 5. The Morgan fingerprint density at radius 3 is 2.04 bits per heavy atom. The van der Waals surface area contributed by atoms with E-state index in [2.05, 4.69) is 14.8 Å². The third-order valence-electron chi connectivity index (χ3n) is 3.48. The lowest BCUT2D eigenvalue weighted by atomic mass is 10.3. The molecular formula is C14H23N3O4S2. The molecule has 0 aliphatic heterocycles. The van der Waals surface area contributed by atoms with Gasteiger partial charge in [0.05, 0.1) is 9.79 Å². The van der Waals surface area contributed by atoms with Crippen molar-refractivity contribution in [3.8, 4) is 0 Å². The second-order valence-corrected chi connectivity index (χ2v) is 9.16. The third kappa shape index (κ3) is 5.25. The number of sulfonamides is 2. The number of nitrogens with one attached hydrogen (secondary N) is 3. The van der Waals surface area contributed by atoms with E-state index in [4.69, 9.17) is 0 Å². The Kier molecular flexibility index (Phi) is 5.79. The van der Waals surface area contributed by atoms with Crippen molar-refractivity contribution in [3.63, 3.8) is 0 Å². The maximum absolute atomic E-state index is 12.2. The molecule has 1 aliphatic rings. The van der Waals surface area contributed by atoms with Crippen LogP contribution < -0.4 is 14.8 Å². The van der Waals surface area contributed by atoms with Crippen LogP contribution >= 0.6 is 0 Å². The molecule has 0 heterocycles. The van der Waals surface area contributed by atoms with Crippen molar-refractivity contribution in [1.29, 1.82) is 0 Å². The lowest BCUT2D eigenvalue weighted by Crippen LogP contribution is -2.38. The lowest BCUT2D eigenvalue weighted by Gasteiger charge is -2.13. The van der Waals surface area contributed by atoms with Crippen LogP contribution in [0.2, 0.25) is 0 Å². The summed E-state index contributed by atoms with van der Waals surface area (Å²) in [5.74, 6) is 0. The fraction of sp³-hybridized carbons (Fsp3) is 0.571. The predicted octanol–water partition coefficient (Wildman–Crippen LogP) is 0.404. The van der Waals surface area contributed by atoms with Crippen LogP contribution in [0.15, 0.2) is 34.1 Å². The zero-order valence-electron chi connectivity index (χ0n) is 13.2. The Hall–Kier alpha value is -1.00. The molecule has 0 spiro atoms. The van der Waals surface area contributed by atoms with Crippen molar-refractivity contribution in [2.24, 2.45) is 0 Å². The van der Waals surface area contributed by atoms with Crippen molar-refractivity contribution in [1.82, 2.24) is 14.8 Å². The normalized spacial score (nSPS) is 17.1. The van der Waals surface area contributed by atoms with Crippen LogP contribution in [0, 0.1) is 0 Å². The molecular weight excluding hydrogens is 338 g/mol. The van der Waals surface area contributed by atoms with Crippen molar-refractivity contribution >= 4 is 20.0 Å². The molecule has 0 bridgehead atoms. The first-order valence-corrected chi connectivity index (χ1v) is 10.6. The van der Waals surface area contributed by atoms with Crippen LogP contribution in [0.5, 0.6) is 0 Å². The van der Waals surface area contributed by atoms with Crippen LogP contribution in [0.4, 0.5) is 0 Å². The van der Waals surface area contributed by atoms with Gasteiger partial charge in [-0.25, -0.2) is 26.3 Å². The van der Waals surface area contributed by atoms with E-state index >= 15 is 0 Å². The molecule has 0 aromatic heterocycles. The van der Waals surface area contributed by atoms with Crippen LogP contribution in [0.3, 0.4) is 0 Å². The highest BCUT2D eigenvalue weighted by atomic mass is 32.2. The summed E-state index contributed by atoms with van der Waals surface area (Å²) in [5, 5.41) is 3.11. The fourth-order valence-electron chi connectivity index (χ4n) is 2.03. The van der Waals surface area contributed by atoms with E-state index in [-0.39, 0.29) is 28.4 Å². The number of benzene rings is 1. The predicted molar refractivity (Wildman–Crippen MR) is 88.1 cm³/mol. The summed E-state index contributed by atoms with van der Waals surface area (Å²) < 4.78 is 53.5. The van der Waals surface area contributed by atoms with E-state index in [1.165, 1.54) is 24.3 Å². The van der Waals surface area contributed by atoms with Gasteiger partial charge in [0.15, 0.2) is 0 Å². The van der Waals surface area contributed by atoms with Gasteiger partial charge < -0.3 is 5.32 Å². The largest absolute Gasteiger partial charge is 0.313 e. The summed E-state index contributed by atoms with van der Waals surface area (Å²) in [6.45, 7) is 4.84. The summed E-state index contributed by atoms with van der Waals surface area (Å²) >= 11 is 0. The van der Waals surface area contributed by atoms with Crippen molar-refractivity contribution in [2.75, 3.05) is 13.1 Å². The van der Waals surface area contributed by atoms with Gasteiger partial charge in [0.25, 0.3) is 0 Å². The summed E-state index contributed by atoms with van der Waals surface area (Å²) in [5.41, 5.74) is 0. The fourth-order valence-corrected chi connectivity index (χ4v) is 4.46. The van der Waals surface area contributed by atoms with E-state index in [0.717, 1.165) is 19.4 Å². The summed E-state index contributed by atoms with van der Waals surface area (Å²) in [6, 6.07) is 5.26. The molecule has 9 heteroatoms. The second kappa shape index (κ2) is 7.27. The van der Waals surface area contributed by atoms with Crippen LogP contribution in [-0.4, -0.2) is 42.0 Å². The summed E-state index contributed by atoms with van der Waals surface area (Å²) in [6.07, 6.45) is 1.69. The molecule has 7 nitrogen and oxygen atoms in total. The zero-order chi connectivity index (χ0) is 17.1. The molecule has 130 valence electrons. The Morgan fingerprint density at radius 2 is 1.57 bits per heavy atom. The van der Waals surface area contributed by atoms with E-state index in [1.54, 1.807) is 0 Å². The van der Waals surface area contributed by atoms with Crippen LogP contribution in [-0.2, 0) is 20.0 Å². The van der Waals surface area contributed by atoms with Gasteiger partial charge in [-0.15, -0.1) is 0 Å². The number of rotatable bonds is 9. The van der Waals surface area contributed by atoms with Gasteiger partial charge in [0.2, 0.25) is 20.0 Å². The van der Waals surface area contributed by atoms with Crippen LogP contribution in [0.25, 0.3) is 0 Å². The quantitative estimate of drug-likeness (QED) is 0.591. The minimum atomic E-state index is -3.65. The molecule has 1 atom stereocenters. The first-order valence-electron chi connectivity index (χ1n) is 7.60. The molecule has 0 radical (unpaired) electrons.